The van der Waals surface area contributed by atoms with Crippen molar-refractivity contribution in [1.82, 2.24) is 0 Å². The van der Waals surface area contributed by atoms with Gasteiger partial charge in [0.25, 0.3) is 0 Å². The molecule has 6 heteroatoms. The summed E-state index contributed by atoms with van der Waals surface area (Å²) in [5.41, 5.74) is 0. The number of allylic oxidation sites excluding steroid dienone is 12. The highest BCUT2D eigenvalue weighted by Crippen LogP contribution is 2.17. The first-order chi connectivity index (χ1) is 35.5. The van der Waals surface area contributed by atoms with Gasteiger partial charge in [-0.1, -0.05) is 273 Å². The van der Waals surface area contributed by atoms with Gasteiger partial charge in [-0.3, -0.25) is 14.4 Å². The minimum Gasteiger partial charge on any atom is -0.462 e. The monoisotopic (exact) mass is 1000 g/mol. The van der Waals surface area contributed by atoms with Gasteiger partial charge in [0.05, 0.1) is 0 Å². The number of ether oxygens (including phenoxy) is 3. The number of carbonyl (C=O) groups excluding carboxylic acids is 3. The van der Waals surface area contributed by atoms with E-state index in [1.807, 2.05) is 0 Å². The highest BCUT2D eigenvalue weighted by atomic mass is 16.6. The van der Waals surface area contributed by atoms with Crippen molar-refractivity contribution in [1.29, 1.82) is 0 Å². The second kappa shape index (κ2) is 60.4. The summed E-state index contributed by atoms with van der Waals surface area (Å²) in [5.74, 6) is -0.889. The second-order valence-corrected chi connectivity index (χ2v) is 20.6. The van der Waals surface area contributed by atoms with Crippen molar-refractivity contribution in [3.8, 4) is 0 Å². The molecule has 1 atom stereocenters. The zero-order valence-electron chi connectivity index (χ0n) is 47.7. The molecule has 0 bridgehead atoms. The van der Waals surface area contributed by atoms with Crippen LogP contribution in [-0.4, -0.2) is 37.2 Å². The Morgan fingerprint density at radius 2 is 0.542 bits per heavy atom. The van der Waals surface area contributed by atoms with Crippen molar-refractivity contribution < 1.29 is 28.6 Å². The molecular weight excluding hydrogens is 889 g/mol. The number of hydrogen-bond acceptors (Lipinski definition) is 6. The van der Waals surface area contributed by atoms with E-state index in [4.69, 9.17) is 14.2 Å². The van der Waals surface area contributed by atoms with Crippen LogP contribution in [0.4, 0.5) is 0 Å². The summed E-state index contributed by atoms with van der Waals surface area (Å²) in [6.07, 6.45) is 78.1. The number of esters is 3. The van der Waals surface area contributed by atoms with E-state index in [0.717, 1.165) is 109 Å². The summed E-state index contributed by atoms with van der Waals surface area (Å²) >= 11 is 0. The third kappa shape index (κ3) is 57.7. The molecule has 0 rings (SSSR count). The van der Waals surface area contributed by atoms with Crippen LogP contribution >= 0.6 is 0 Å². The third-order valence-electron chi connectivity index (χ3n) is 13.4. The summed E-state index contributed by atoms with van der Waals surface area (Å²) in [6.45, 7) is 6.45. The molecule has 0 saturated heterocycles. The van der Waals surface area contributed by atoms with Gasteiger partial charge in [0.1, 0.15) is 13.2 Å². The molecule has 1 unspecified atom stereocenters. The van der Waals surface area contributed by atoms with E-state index in [1.54, 1.807) is 0 Å². The van der Waals surface area contributed by atoms with E-state index in [9.17, 15) is 14.4 Å². The molecule has 0 aromatic rings. The Kier molecular flexibility index (Phi) is 57.8. The molecule has 72 heavy (non-hydrogen) atoms. The van der Waals surface area contributed by atoms with Gasteiger partial charge in [-0.25, -0.2) is 0 Å². The van der Waals surface area contributed by atoms with Crippen molar-refractivity contribution in [2.24, 2.45) is 0 Å². The Morgan fingerprint density at radius 1 is 0.292 bits per heavy atom. The Hall–Kier alpha value is -3.15. The lowest BCUT2D eigenvalue weighted by atomic mass is 10.0. The van der Waals surface area contributed by atoms with Crippen LogP contribution in [-0.2, 0) is 28.6 Å². The SMILES string of the molecule is CC/C=C\C/C=C\C/C=C\C/C=C\CCCCCCCCCCCCCCCCCCCCCCC(=O)OCC(COC(=O)CCCCCCCC)OC(=O)CCCCCCC/C=C\C/C=C\CCCCC. The molecule has 0 N–H and O–H groups in total. The Bertz CT molecular complexity index is 1340. The van der Waals surface area contributed by atoms with Crippen LogP contribution in [0.5, 0.6) is 0 Å². The second-order valence-electron chi connectivity index (χ2n) is 20.6. The lowest BCUT2D eigenvalue weighted by Gasteiger charge is -2.18. The van der Waals surface area contributed by atoms with Gasteiger partial charge in [-0.05, 0) is 89.9 Å². The van der Waals surface area contributed by atoms with Crippen LogP contribution in [0, 0.1) is 0 Å². The average molecular weight is 1010 g/mol. The predicted molar refractivity (Wildman–Crippen MR) is 311 cm³/mol. The first-order valence-electron chi connectivity index (χ1n) is 30.9. The van der Waals surface area contributed by atoms with Crippen LogP contribution in [0.25, 0.3) is 0 Å². The van der Waals surface area contributed by atoms with Crippen LogP contribution in [0.3, 0.4) is 0 Å². The summed E-state index contributed by atoms with van der Waals surface area (Å²) < 4.78 is 16.8. The standard InChI is InChI=1S/C66H116O6/c1-4-7-10-13-16-18-20-22-24-25-26-27-28-29-30-31-32-33-34-35-36-37-38-39-40-41-43-44-46-48-50-53-56-59-65(68)71-62-63(61-70-64(67)58-55-52-15-12-9-6-3)72-66(69)60-57-54-51-49-47-45-42-23-21-19-17-14-11-8-5-2/h7,10,16-19,22-24,26-27,42,63H,4-6,8-9,11-15,20-21,25,28-41,43-62H2,1-3H3/b10-7-,18-16-,19-17-,24-22-,27-26-,42-23-. The highest BCUT2D eigenvalue weighted by molar-refractivity contribution is 5.71. The first kappa shape index (κ1) is 68.8. The topological polar surface area (TPSA) is 78.9 Å². The van der Waals surface area contributed by atoms with Gasteiger partial charge < -0.3 is 14.2 Å². The fourth-order valence-corrected chi connectivity index (χ4v) is 8.82. The maximum atomic E-state index is 12.8. The van der Waals surface area contributed by atoms with Gasteiger partial charge in [0.15, 0.2) is 6.10 Å². The zero-order valence-corrected chi connectivity index (χ0v) is 47.7. The number of rotatable bonds is 56. The Morgan fingerprint density at radius 3 is 0.875 bits per heavy atom. The number of unbranched alkanes of at least 4 members (excludes halogenated alkanes) is 33. The van der Waals surface area contributed by atoms with E-state index in [-0.39, 0.29) is 31.1 Å². The van der Waals surface area contributed by atoms with Crippen LogP contribution in [0.1, 0.15) is 310 Å². The molecule has 0 amide bonds. The van der Waals surface area contributed by atoms with Crippen LogP contribution < -0.4 is 0 Å². The molecular formula is C66H116O6. The quantitative estimate of drug-likeness (QED) is 0.0261. The fourth-order valence-electron chi connectivity index (χ4n) is 8.82. The van der Waals surface area contributed by atoms with E-state index in [0.29, 0.717) is 19.3 Å². The van der Waals surface area contributed by atoms with E-state index in [2.05, 4.69) is 93.7 Å². The summed E-state index contributed by atoms with van der Waals surface area (Å²) in [7, 11) is 0. The lowest BCUT2D eigenvalue weighted by Crippen LogP contribution is -2.30. The first-order valence-corrected chi connectivity index (χ1v) is 30.9. The van der Waals surface area contributed by atoms with E-state index in [1.165, 1.54) is 161 Å². The zero-order chi connectivity index (χ0) is 52.2. The van der Waals surface area contributed by atoms with Crippen molar-refractivity contribution in [2.75, 3.05) is 13.2 Å². The number of carbonyl (C=O) groups is 3. The van der Waals surface area contributed by atoms with E-state index >= 15 is 0 Å². The van der Waals surface area contributed by atoms with Crippen molar-refractivity contribution in [3.05, 3.63) is 72.9 Å². The summed E-state index contributed by atoms with van der Waals surface area (Å²) in [4.78, 5) is 37.9. The summed E-state index contributed by atoms with van der Waals surface area (Å²) in [6, 6.07) is 0. The molecule has 0 aliphatic carbocycles. The fraction of sp³-hybridized carbons (Fsp3) is 0.773. The highest BCUT2D eigenvalue weighted by Gasteiger charge is 2.19. The minimum absolute atomic E-state index is 0.0770. The Labute approximate surface area is 446 Å². The minimum atomic E-state index is -0.776. The molecule has 6 nitrogen and oxygen atoms in total. The van der Waals surface area contributed by atoms with Gasteiger partial charge in [-0.15, -0.1) is 0 Å². The molecule has 0 fully saturated rings. The molecule has 0 aliphatic heterocycles. The maximum absolute atomic E-state index is 12.8. The molecule has 0 aliphatic rings. The largest absolute Gasteiger partial charge is 0.462 e. The summed E-state index contributed by atoms with van der Waals surface area (Å²) in [5, 5.41) is 0. The van der Waals surface area contributed by atoms with Gasteiger partial charge in [0.2, 0.25) is 0 Å². The van der Waals surface area contributed by atoms with Crippen molar-refractivity contribution >= 4 is 17.9 Å². The van der Waals surface area contributed by atoms with Crippen LogP contribution in [0.2, 0.25) is 0 Å². The van der Waals surface area contributed by atoms with E-state index < -0.39 is 6.10 Å². The normalized spacial score (nSPS) is 12.5. The molecule has 0 aromatic heterocycles. The predicted octanol–water partition coefficient (Wildman–Crippen LogP) is 20.9. The van der Waals surface area contributed by atoms with Crippen LogP contribution in [0.15, 0.2) is 72.9 Å². The molecule has 0 radical (unpaired) electrons. The molecule has 0 aromatic carbocycles. The molecule has 0 saturated carbocycles. The number of hydrogen-bond donors (Lipinski definition) is 0. The van der Waals surface area contributed by atoms with Gasteiger partial charge in [-0.2, -0.15) is 0 Å². The molecule has 0 heterocycles. The average Bonchev–Trinajstić information content (AvgIpc) is 3.38. The van der Waals surface area contributed by atoms with Crippen molar-refractivity contribution in [2.45, 2.75) is 316 Å². The smallest absolute Gasteiger partial charge is 0.306 e. The molecule has 416 valence electrons. The van der Waals surface area contributed by atoms with Gasteiger partial charge >= 0.3 is 17.9 Å². The van der Waals surface area contributed by atoms with Crippen molar-refractivity contribution in [3.63, 3.8) is 0 Å². The maximum Gasteiger partial charge on any atom is 0.306 e. The van der Waals surface area contributed by atoms with Gasteiger partial charge in [0, 0.05) is 19.3 Å². The third-order valence-corrected chi connectivity index (χ3v) is 13.4. The molecule has 0 spiro atoms. The Balaban J connectivity index is 3.96. The lowest BCUT2D eigenvalue weighted by molar-refractivity contribution is -0.167.